The molecule has 0 aliphatic carbocycles. The van der Waals surface area contributed by atoms with Crippen molar-refractivity contribution in [2.24, 2.45) is 0 Å². The largest absolute Gasteiger partial charge is 0.135 e. The number of hydrogen-bond acceptors (Lipinski definition) is 1. The molecule has 3 aromatic rings. The molecule has 0 saturated heterocycles. The van der Waals surface area contributed by atoms with Gasteiger partial charge in [-0.15, -0.1) is 11.3 Å². The SMILES string of the molecule is C=C/C=C(\C)c1ccc2c(c1)sc1ccccc12. The molecule has 0 radical (unpaired) electrons. The molecule has 2 aromatic carbocycles. The van der Waals surface area contributed by atoms with E-state index in [0.717, 1.165) is 0 Å². The summed E-state index contributed by atoms with van der Waals surface area (Å²) in [6, 6.07) is 15.3. The van der Waals surface area contributed by atoms with E-state index in [-0.39, 0.29) is 0 Å². The Balaban J connectivity index is 2.27. The molecule has 0 amide bonds. The summed E-state index contributed by atoms with van der Waals surface area (Å²) in [4.78, 5) is 0. The summed E-state index contributed by atoms with van der Waals surface area (Å²) in [5, 5.41) is 2.71. The second-order valence-corrected chi connectivity index (χ2v) is 5.48. The van der Waals surface area contributed by atoms with Gasteiger partial charge in [0, 0.05) is 20.2 Å². The van der Waals surface area contributed by atoms with E-state index in [4.69, 9.17) is 0 Å². The highest BCUT2D eigenvalue weighted by Gasteiger charge is 2.05. The van der Waals surface area contributed by atoms with Crippen LogP contribution in [0, 0.1) is 0 Å². The van der Waals surface area contributed by atoms with Gasteiger partial charge in [0.25, 0.3) is 0 Å². The molecule has 0 unspecified atom stereocenters. The first kappa shape index (κ1) is 11.2. The van der Waals surface area contributed by atoms with Crippen LogP contribution in [0.25, 0.3) is 25.7 Å². The molecule has 0 aliphatic heterocycles. The number of benzene rings is 2. The molecular formula is C17H14S. The third kappa shape index (κ3) is 1.77. The molecule has 0 spiro atoms. The second kappa shape index (κ2) is 4.43. The fourth-order valence-corrected chi connectivity index (χ4v) is 3.39. The Hall–Kier alpha value is -1.86. The minimum atomic E-state index is 1.25. The molecule has 0 atom stereocenters. The first-order valence-electron chi connectivity index (χ1n) is 6.00. The van der Waals surface area contributed by atoms with Gasteiger partial charge in [-0.25, -0.2) is 0 Å². The highest BCUT2D eigenvalue weighted by atomic mass is 32.1. The molecule has 1 aromatic heterocycles. The van der Waals surface area contributed by atoms with Crippen LogP contribution < -0.4 is 0 Å². The molecule has 0 saturated carbocycles. The van der Waals surface area contributed by atoms with Crippen LogP contribution in [-0.4, -0.2) is 0 Å². The summed E-state index contributed by atoms with van der Waals surface area (Å²) in [5.41, 5.74) is 2.53. The highest BCUT2D eigenvalue weighted by molar-refractivity contribution is 7.25. The van der Waals surface area contributed by atoms with E-state index < -0.39 is 0 Å². The Kier molecular flexibility index (Phi) is 2.77. The van der Waals surface area contributed by atoms with Crippen molar-refractivity contribution < 1.29 is 0 Å². The summed E-state index contributed by atoms with van der Waals surface area (Å²) in [5.74, 6) is 0. The molecule has 0 nitrogen and oxygen atoms in total. The van der Waals surface area contributed by atoms with Crippen LogP contribution in [0.2, 0.25) is 0 Å². The number of rotatable bonds is 2. The smallest absolute Gasteiger partial charge is 0.0361 e. The van der Waals surface area contributed by atoms with Crippen molar-refractivity contribution in [3.8, 4) is 0 Å². The van der Waals surface area contributed by atoms with Gasteiger partial charge in [-0.1, -0.05) is 49.1 Å². The van der Waals surface area contributed by atoms with Gasteiger partial charge in [-0.3, -0.25) is 0 Å². The third-order valence-corrected chi connectivity index (χ3v) is 4.34. The predicted molar refractivity (Wildman–Crippen MR) is 83.2 cm³/mol. The molecule has 1 heteroatoms. The van der Waals surface area contributed by atoms with Crippen molar-refractivity contribution in [1.82, 2.24) is 0 Å². The lowest BCUT2D eigenvalue weighted by Gasteiger charge is -2.00. The monoisotopic (exact) mass is 250 g/mol. The van der Waals surface area contributed by atoms with Gasteiger partial charge >= 0.3 is 0 Å². The van der Waals surface area contributed by atoms with Crippen molar-refractivity contribution in [3.63, 3.8) is 0 Å². The number of hydrogen-bond donors (Lipinski definition) is 0. The Morgan fingerprint density at radius 1 is 1.06 bits per heavy atom. The van der Waals surface area contributed by atoms with Crippen LogP contribution in [0.15, 0.2) is 61.2 Å². The van der Waals surface area contributed by atoms with Crippen molar-refractivity contribution in [3.05, 3.63) is 66.8 Å². The van der Waals surface area contributed by atoms with Crippen LogP contribution in [0.5, 0.6) is 0 Å². The molecule has 0 fully saturated rings. The maximum atomic E-state index is 3.75. The summed E-state index contributed by atoms with van der Waals surface area (Å²) >= 11 is 1.86. The van der Waals surface area contributed by atoms with Crippen LogP contribution >= 0.6 is 11.3 Å². The lowest BCUT2D eigenvalue weighted by Crippen LogP contribution is -1.77. The zero-order valence-corrected chi connectivity index (χ0v) is 11.1. The van der Waals surface area contributed by atoms with Crippen LogP contribution in [0.4, 0.5) is 0 Å². The first-order valence-corrected chi connectivity index (χ1v) is 6.82. The summed E-state index contributed by atoms with van der Waals surface area (Å²) in [7, 11) is 0. The topological polar surface area (TPSA) is 0 Å². The van der Waals surface area contributed by atoms with Gasteiger partial charge in [0.1, 0.15) is 0 Å². The fraction of sp³-hybridized carbons (Fsp3) is 0.0588. The predicted octanol–water partition coefficient (Wildman–Crippen LogP) is 5.64. The first-order chi connectivity index (χ1) is 8.79. The summed E-state index contributed by atoms with van der Waals surface area (Å²) < 4.78 is 2.71. The van der Waals surface area contributed by atoms with Gasteiger partial charge in [0.15, 0.2) is 0 Å². The molecule has 1 heterocycles. The molecule has 88 valence electrons. The van der Waals surface area contributed by atoms with E-state index in [1.807, 2.05) is 17.4 Å². The van der Waals surface area contributed by atoms with Crippen molar-refractivity contribution in [2.45, 2.75) is 6.92 Å². The van der Waals surface area contributed by atoms with Gasteiger partial charge in [0.05, 0.1) is 0 Å². The highest BCUT2D eigenvalue weighted by Crippen LogP contribution is 2.35. The Morgan fingerprint density at radius 3 is 2.67 bits per heavy atom. The molecule has 3 rings (SSSR count). The van der Waals surface area contributed by atoms with Crippen LogP contribution in [0.1, 0.15) is 12.5 Å². The minimum absolute atomic E-state index is 1.25. The Labute approximate surface area is 111 Å². The fourth-order valence-electron chi connectivity index (χ4n) is 2.24. The van der Waals surface area contributed by atoms with Gasteiger partial charge in [-0.05, 0) is 30.2 Å². The Morgan fingerprint density at radius 2 is 1.83 bits per heavy atom. The van der Waals surface area contributed by atoms with E-state index in [9.17, 15) is 0 Å². The van der Waals surface area contributed by atoms with Crippen molar-refractivity contribution in [2.75, 3.05) is 0 Å². The van der Waals surface area contributed by atoms with E-state index in [1.165, 1.54) is 31.3 Å². The summed E-state index contributed by atoms with van der Waals surface area (Å²) in [6.45, 7) is 5.87. The van der Waals surface area contributed by atoms with Gasteiger partial charge in [0.2, 0.25) is 0 Å². The third-order valence-electron chi connectivity index (χ3n) is 3.20. The number of fused-ring (bicyclic) bond motifs is 3. The molecule has 0 N–H and O–H groups in total. The zero-order chi connectivity index (χ0) is 12.5. The van der Waals surface area contributed by atoms with Crippen LogP contribution in [-0.2, 0) is 0 Å². The zero-order valence-electron chi connectivity index (χ0n) is 10.3. The average molecular weight is 250 g/mol. The van der Waals surface area contributed by atoms with Crippen molar-refractivity contribution in [1.29, 1.82) is 0 Å². The van der Waals surface area contributed by atoms with Gasteiger partial charge < -0.3 is 0 Å². The maximum absolute atomic E-state index is 3.75. The standard InChI is InChI=1S/C17H14S/c1-3-6-12(2)13-9-10-15-14-7-4-5-8-16(14)18-17(15)11-13/h3-11H,1H2,2H3/b12-6+. The lowest BCUT2D eigenvalue weighted by molar-refractivity contribution is 1.62. The normalized spacial score (nSPS) is 12.2. The van der Waals surface area contributed by atoms with E-state index in [1.54, 1.807) is 0 Å². The Bertz CT molecular complexity index is 759. The van der Waals surface area contributed by atoms with Crippen LogP contribution in [0.3, 0.4) is 0 Å². The second-order valence-electron chi connectivity index (χ2n) is 4.39. The quantitative estimate of drug-likeness (QED) is 0.516. The van der Waals surface area contributed by atoms with E-state index in [2.05, 4.69) is 62.0 Å². The van der Waals surface area contributed by atoms with E-state index >= 15 is 0 Å². The molecule has 0 bridgehead atoms. The number of thiophene rings is 1. The molecule has 18 heavy (non-hydrogen) atoms. The molecule has 0 aliphatic rings. The average Bonchev–Trinajstić information content (AvgIpc) is 2.76. The lowest BCUT2D eigenvalue weighted by atomic mass is 10.0. The minimum Gasteiger partial charge on any atom is -0.135 e. The maximum Gasteiger partial charge on any atom is 0.0361 e. The molecular weight excluding hydrogens is 236 g/mol. The van der Waals surface area contributed by atoms with E-state index in [0.29, 0.717) is 0 Å². The van der Waals surface area contributed by atoms with Gasteiger partial charge in [-0.2, -0.15) is 0 Å². The van der Waals surface area contributed by atoms with Crippen molar-refractivity contribution >= 4 is 37.1 Å². The summed E-state index contributed by atoms with van der Waals surface area (Å²) in [6.07, 6.45) is 3.89. The number of allylic oxidation sites excluding steroid dienone is 3.